The molecule has 2 aromatic heterocycles. The van der Waals surface area contributed by atoms with E-state index < -0.39 is 73.7 Å². The van der Waals surface area contributed by atoms with Gasteiger partial charge in [-0.2, -0.15) is 17.6 Å². The molecule has 35 heavy (non-hydrogen) atoms. The Kier molecular flexibility index (Phi) is 6.17. The Bertz CT molecular complexity index is 1140. The zero-order valence-corrected chi connectivity index (χ0v) is 17.3. The minimum absolute atomic E-state index is 0.0197. The molecule has 2 aliphatic rings. The second-order valence-corrected chi connectivity index (χ2v) is 8.07. The average molecular weight is 513 g/mol. The number of halogens is 8. The smallest absolute Gasteiger partial charge is 0.383 e. The van der Waals surface area contributed by atoms with Gasteiger partial charge in [0.1, 0.15) is 0 Å². The third kappa shape index (κ3) is 4.65. The predicted octanol–water partition coefficient (Wildman–Crippen LogP) is 3.60. The molecule has 16 heteroatoms. The number of pyridine rings is 1. The number of aromatic nitrogens is 3. The van der Waals surface area contributed by atoms with Crippen LogP contribution in [0, 0.1) is 0 Å². The standard InChI is InChI=1S/C19H15F8N5O3/c20-12(21)14-31-30-13(35-14)7-3-8-10(28-5-7)6-32(15(8)33)11-4-18(24,25)2-1-9(11)29-17(34)19(26,27)16(22)23/h3,5,9,11-12,16H,1-2,4,6H2,(H,29,34)/t9-,11-/m1/s1. The average Bonchev–Trinajstić information content (AvgIpc) is 3.40. The molecule has 1 aliphatic heterocycles. The van der Waals surface area contributed by atoms with E-state index in [9.17, 15) is 44.7 Å². The summed E-state index contributed by atoms with van der Waals surface area (Å²) in [6.45, 7) is -0.348. The molecular weight excluding hydrogens is 498 g/mol. The van der Waals surface area contributed by atoms with Crippen molar-refractivity contribution in [2.75, 3.05) is 0 Å². The molecule has 0 saturated heterocycles. The van der Waals surface area contributed by atoms with Crippen LogP contribution in [0.5, 0.6) is 0 Å². The maximum absolute atomic E-state index is 14.2. The quantitative estimate of drug-likeness (QED) is 0.593. The summed E-state index contributed by atoms with van der Waals surface area (Å²) in [5, 5.41) is 8.26. The fraction of sp³-hybridized carbons (Fsp3) is 0.526. The Morgan fingerprint density at radius 2 is 1.94 bits per heavy atom. The summed E-state index contributed by atoms with van der Waals surface area (Å²) in [5.74, 6) is -12.9. The fourth-order valence-corrected chi connectivity index (χ4v) is 3.99. The van der Waals surface area contributed by atoms with Crippen molar-refractivity contribution in [3.8, 4) is 11.5 Å². The third-order valence-corrected chi connectivity index (χ3v) is 5.74. The molecule has 2 amide bonds. The molecule has 1 saturated carbocycles. The van der Waals surface area contributed by atoms with E-state index in [1.165, 1.54) is 0 Å². The van der Waals surface area contributed by atoms with Crippen LogP contribution in [-0.2, 0) is 11.3 Å². The van der Waals surface area contributed by atoms with Gasteiger partial charge in [-0.25, -0.2) is 17.6 Å². The summed E-state index contributed by atoms with van der Waals surface area (Å²) >= 11 is 0. The molecule has 190 valence electrons. The summed E-state index contributed by atoms with van der Waals surface area (Å²) in [6, 6.07) is -1.82. The lowest BCUT2D eigenvalue weighted by molar-refractivity contribution is -0.171. The van der Waals surface area contributed by atoms with Gasteiger partial charge in [0.2, 0.25) is 11.8 Å². The van der Waals surface area contributed by atoms with Crippen molar-refractivity contribution in [3.63, 3.8) is 0 Å². The Morgan fingerprint density at radius 3 is 2.57 bits per heavy atom. The fourth-order valence-electron chi connectivity index (χ4n) is 3.99. The number of rotatable bonds is 6. The van der Waals surface area contributed by atoms with Crippen LogP contribution in [0.25, 0.3) is 11.5 Å². The lowest BCUT2D eigenvalue weighted by Gasteiger charge is -2.41. The highest BCUT2D eigenvalue weighted by Crippen LogP contribution is 2.39. The van der Waals surface area contributed by atoms with Gasteiger partial charge in [-0.15, -0.1) is 10.2 Å². The van der Waals surface area contributed by atoms with Crippen LogP contribution < -0.4 is 5.32 Å². The lowest BCUT2D eigenvalue weighted by Crippen LogP contribution is -2.59. The van der Waals surface area contributed by atoms with Crippen molar-refractivity contribution in [1.82, 2.24) is 25.4 Å². The van der Waals surface area contributed by atoms with E-state index in [1.54, 1.807) is 5.32 Å². The van der Waals surface area contributed by atoms with Gasteiger partial charge in [-0.05, 0) is 12.5 Å². The second-order valence-electron chi connectivity index (χ2n) is 8.07. The van der Waals surface area contributed by atoms with Crippen molar-refractivity contribution in [1.29, 1.82) is 0 Å². The highest BCUT2D eigenvalue weighted by atomic mass is 19.3. The number of carbonyl (C=O) groups excluding carboxylic acids is 2. The van der Waals surface area contributed by atoms with E-state index in [-0.39, 0.29) is 29.3 Å². The first-order chi connectivity index (χ1) is 16.3. The first-order valence-electron chi connectivity index (χ1n) is 10.1. The second kappa shape index (κ2) is 8.71. The highest BCUT2D eigenvalue weighted by molar-refractivity contribution is 5.99. The number of fused-ring (bicyclic) bond motifs is 1. The van der Waals surface area contributed by atoms with Gasteiger partial charge in [-0.1, -0.05) is 0 Å². The Morgan fingerprint density at radius 1 is 1.23 bits per heavy atom. The Balaban J connectivity index is 1.59. The van der Waals surface area contributed by atoms with Crippen LogP contribution in [0.4, 0.5) is 35.1 Å². The molecule has 1 N–H and O–H groups in total. The van der Waals surface area contributed by atoms with Crippen molar-refractivity contribution in [2.45, 2.75) is 62.6 Å². The molecule has 1 aliphatic carbocycles. The summed E-state index contributed by atoms with van der Waals surface area (Å²) in [7, 11) is 0. The number of hydrogen-bond donors (Lipinski definition) is 1. The minimum atomic E-state index is -5.06. The van der Waals surface area contributed by atoms with Crippen LogP contribution in [0.1, 0.15) is 47.6 Å². The molecule has 8 nitrogen and oxygen atoms in total. The zero-order chi connectivity index (χ0) is 25.7. The van der Waals surface area contributed by atoms with Crippen LogP contribution in [-0.4, -0.2) is 62.2 Å². The normalized spacial score (nSPS) is 22.1. The van der Waals surface area contributed by atoms with Gasteiger partial charge in [0.15, 0.2) is 0 Å². The van der Waals surface area contributed by atoms with E-state index >= 15 is 0 Å². The summed E-state index contributed by atoms with van der Waals surface area (Å²) < 4.78 is 110. The number of alkyl halides is 8. The Labute approximate surface area is 190 Å². The van der Waals surface area contributed by atoms with E-state index in [4.69, 9.17) is 4.42 Å². The monoisotopic (exact) mass is 513 g/mol. The summed E-state index contributed by atoms with van der Waals surface area (Å²) in [5.41, 5.74) is -0.0610. The predicted molar refractivity (Wildman–Crippen MR) is 97.8 cm³/mol. The number of nitrogens with one attached hydrogen (secondary N) is 1. The Hall–Kier alpha value is -3.33. The number of nitrogens with zero attached hydrogens (tertiary/aromatic N) is 4. The number of carbonyl (C=O) groups is 2. The van der Waals surface area contributed by atoms with E-state index in [2.05, 4.69) is 15.2 Å². The van der Waals surface area contributed by atoms with Crippen LogP contribution in [0.2, 0.25) is 0 Å². The number of hydrogen-bond acceptors (Lipinski definition) is 6. The molecule has 3 heterocycles. The molecule has 0 unspecified atom stereocenters. The molecule has 0 radical (unpaired) electrons. The molecule has 4 rings (SSSR count). The van der Waals surface area contributed by atoms with Gasteiger partial charge in [0.25, 0.3) is 17.7 Å². The topological polar surface area (TPSA) is 101 Å². The third-order valence-electron chi connectivity index (χ3n) is 5.74. The minimum Gasteiger partial charge on any atom is -0.415 e. The van der Waals surface area contributed by atoms with Gasteiger partial charge in [-0.3, -0.25) is 14.6 Å². The lowest BCUT2D eigenvalue weighted by atomic mass is 9.86. The van der Waals surface area contributed by atoms with Gasteiger partial charge in [0, 0.05) is 25.1 Å². The summed E-state index contributed by atoms with van der Waals surface area (Å²) in [4.78, 5) is 29.6. The van der Waals surface area contributed by atoms with Gasteiger partial charge >= 0.3 is 18.8 Å². The van der Waals surface area contributed by atoms with Crippen molar-refractivity contribution in [3.05, 3.63) is 29.4 Å². The molecule has 0 aromatic carbocycles. The maximum Gasteiger partial charge on any atom is 0.383 e. The molecule has 2 atom stereocenters. The molecular formula is C19H15F8N5O3. The van der Waals surface area contributed by atoms with Crippen LogP contribution in [0.15, 0.2) is 16.7 Å². The van der Waals surface area contributed by atoms with Crippen molar-refractivity contribution in [2.24, 2.45) is 0 Å². The first kappa shape index (κ1) is 24.8. The largest absolute Gasteiger partial charge is 0.415 e. The SMILES string of the molecule is O=C1c2cc(-c3nnc(C(F)F)o3)cnc2CN1[C@@H]1CC(F)(F)CC[C@H]1NC(=O)C(F)(F)C(F)F. The first-order valence-corrected chi connectivity index (χ1v) is 10.1. The van der Waals surface area contributed by atoms with Gasteiger partial charge < -0.3 is 14.6 Å². The van der Waals surface area contributed by atoms with E-state index in [1.807, 2.05) is 0 Å². The highest BCUT2D eigenvalue weighted by Gasteiger charge is 2.53. The molecule has 0 bridgehead atoms. The molecule has 0 spiro atoms. The summed E-state index contributed by atoms with van der Waals surface area (Å²) in [6.07, 6.45) is -8.65. The van der Waals surface area contributed by atoms with E-state index in [0.717, 1.165) is 17.2 Å². The number of amides is 2. The van der Waals surface area contributed by atoms with Crippen LogP contribution in [0.3, 0.4) is 0 Å². The van der Waals surface area contributed by atoms with Crippen molar-refractivity contribution < 1.29 is 49.1 Å². The molecule has 2 aromatic rings. The van der Waals surface area contributed by atoms with E-state index in [0.29, 0.717) is 0 Å². The van der Waals surface area contributed by atoms with Gasteiger partial charge in [0.05, 0.1) is 29.4 Å². The van der Waals surface area contributed by atoms with Crippen molar-refractivity contribution >= 4 is 11.8 Å². The van der Waals surface area contributed by atoms with Crippen LogP contribution >= 0.6 is 0 Å². The maximum atomic E-state index is 14.2. The zero-order valence-electron chi connectivity index (χ0n) is 17.3. The molecule has 1 fully saturated rings.